The molecule has 1 atom stereocenters. The molecule has 0 bridgehead atoms. The SMILES string of the molecule is c1cnc2ccc(NCC3CCCNC3)cc2c1. The number of benzene rings is 1. The zero-order valence-electron chi connectivity index (χ0n) is 10.5. The number of hydrogen-bond donors (Lipinski definition) is 2. The highest BCUT2D eigenvalue weighted by atomic mass is 14.9. The predicted octanol–water partition coefficient (Wildman–Crippen LogP) is 2.65. The normalized spacial score (nSPS) is 19.9. The second kappa shape index (κ2) is 5.36. The maximum Gasteiger partial charge on any atom is 0.0703 e. The zero-order chi connectivity index (χ0) is 12.2. The lowest BCUT2D eigenvalue weighted by Crippen LogP contribution is -2.33. The first kappa shape index (κ1) is 11.5. The standard InChI is InChI=1S/C15H19N3/c1-3-12(10-16-7-1)11-18-14-5-6-15-13(9-14)4-2-8-17-15/h2,4-6,8-9,12,16,18H,1,3,7,10-11H2. The van der Waals surface area contributed by atoms with Gasteiger partial charge in [-0.25, -0.2) is 0 Å². The van der Waals surface area contributed by atoms with Crippen molar-refractivity contribution in [3.63, 3.8) is 0 Å². The highest BCUT2D eigenvalue weighted by Gasteiger charge is 2.12. The Morgan fingerprint density at radius 2 is 2.33 bits per heavy atom. The summed E-state index contributed by atoms with van der Waals surface area (Å²) in [5.74, 6) is 0.753. The molecule has 1 fully saturated rings. The molecule has 94 valence electrons. The summed E-state index contributed by atoms with van der Waals surface area (Å²) in [6.07, 6.45) is 4.46. The van der Waals surface area contributed by atoms with Crippen molar-refractivity contribution in [2.45, 2.75) is 12.8 Å². The zero-order valence-corrected chi connectivity index (χ0v) is 10.5. The summed E-state index contributed by atoms with van der Waals surface area (Å²) in [4.78, 5) is 4.33. The minimum atomic E-state index is 0.753. The van der Waals surface area contributed by atoms with Crippen molar-refractivity contribution in [2.24, 2.45) is 5.92 Å². The summed E-state index contributed by atoms with van der Waals surface area (Å²) in [5.41, 5.74) is 2.25. The van der Waals surface area contributed by atoms with Crippen LogP contribution in [0, 0.1) is 5.92 Å². The predicted molar refractivity (Wildman–Crippen MR) is 75.8 cm³/mol. The molecule has 0 aliphatic carbocycles. The molecule has 0 saturated carbocycles. The van der Waals surface area contributed by atoms with Gasteiger partial charge in [-0.15, -0.1) is 0 Å². The minimum Gasteiger partial charge on any atom is -0.385 e. The number of hydrogen-bond acceptors (Lipinski definition) is 3. The lowest BCUT2D eigenvalue weighted by atomic mass is 9.99. The van der Waals surface area contributed by atoms with Crippen molar-refractivity contribution in [3.05, 3.63) is 36.5 Å². The van der Waals surface area contributed by atoms with Gasteiger partial charge in [0.15, 0.2) is 0 Å². The van der Waals surface area contributed by atoms with Crippen molar-refractivity contribution in [1.82, 2.24) is 10.3 Å². The molecule has 2 N–H and O–H groups in total. The Morgan fingerprint density at radius 3 is 3.22 bits per heavy atom. The maximum atomic E-state index is 4.33. The first-order valence-corrected chi connectivity index (χ1v) is 6.71. The average Bonchev–Trinajstić information content (AvgIpc) is 2.46. The Hall–Kier alpha value is -1.61. The Balaban J connectivity index is 1.66. The molecule has 2 heterocycles. The van der Waals surface area contributed by atoms with E-state index in [1.54, 1.807) is 0 Å². The molecule has 3 rings (SSSR count). The van der Waals surface area contributed by atoms with E-state index < -0.39 is 0 Å². The third-order valence-corrected chi connectivity index (χ3v) is 3.60. The lowest BCUT2D eigenvalue weighted by molar-refractivity contribution is 0.393. The molecular weight excluding hydrogens is 222 g/mol. The van der Waals surface area contributed by atoms with Crippen LogP contribution in [0.25, 0.3) is 10.9 Å². The molecule has 1 aromatic carbocycles. The fourth-order valence-electron chi connectivity index (χ4n) is 2.55. The number of pyridine rings is 1. The van der Waals surface area contributed by atoms with Crippen molar-refractivity contribution in [3.8, 4) is 0 Å². The van der Waals surface area contributed by atoms with E-state index in [-0.39, 0.29) is 0 Å². The molecule has 0 spiro atoms. The van der Waals surface area contributed by atoms with E-state index in [9.17, 15) is 0 Å². The fourth-order valence-corrected chi connectivity index (χ4v) is 2.55. The van der Waals surface area contributed by atoms with Crippen LogP contribution in [-0.2, 0) is 0 Å². The summed E-state index contributed by atoms with van der Waals surface area (Å²) in [6.45, 7) is 3.37. The average molecular weight is 241 g/mol. The number of nitrogens with one attached hydrogen (secondary N) is 2. The summed E-state index contributed by atoms with van der Waals surface area (Å²) in [7, 11) is 0. The molecule has 1 aromatic heterocycles. The van der Waals surface area contributed by atoms with Gasteiger partial charge in [0.1, 0.15) is 0 Å². The molecule has 3 nitrogen and oxygen atoms in total. The molecule has 2 aromatic rings. The van der Waals surface area contributed by atoms with Crippen LogP contribution in [0.5, 0.6) is 0 Å². The quantitative estimate of drug-likeness (QED) is 0.867. The molecule has 1 aliphatic rings. The van der Waals surface area contributed by atoms with Crippen LogP contribution in [-0.4, -0.2) is 24.6 Å². The van der Waals surface area contributed by atoms with Gasteiger partial charge < -0.3 is 10.6 Å². The summed E-state index contributed by atoms with van der Waals surface area (Å²) < 4.78 is 0. The lowest BCUT2D eigenvalue weighted by Gasteiger charge is -2.23. The summed E-state index contributed by atoms with van der Waals surface area (Å²) in [6, 6.07) is 10.5. The van der Waals surface area contributed by atoms with Gasteiger partial charge in [0.2, 0.25) is 0 Å². The molecule has 0 amide bonds. The molecule has 0 radical (unpaired) electrons. The van der Waals surface area contributed by atoms with E-state index >= 15 is 0 Å². The van der Waals surface area contributed by atoms with E-state index in [1.165, 1.54) is 30.5 Å². The first-order valence-electron chi connectivity index (χ1n) is 6.71. The number of nitrogens with zero attached hydrogens (tertiary/aromatic N) is 1. The van der Waals surface area contributed by atoms with E-state index in [0.717, 1.165) is 24.5 Å². The van der Waals surface area contributed by atoms with Crippen LogP contribution < -0.4 is 10.6 Å². The monoisotopic (exact) mass is 241 g/mol. The van der Waals surface area contributed by atoms with Crippen molar-refractivity contribution in [2.75, 3.05) is 25.0 Å². The van der Waals surface area contributed by atoms with E-state index in [0.29, 0.717) is 0 Å². The number of anilines is 1. The van der Waals surface area contributed by atoms with Crippen molar-refractivity contribution in [1.29, 1.82) is 0 Å². The summed E-state index contributed by atoms with van der Waals surface area (Å²) in [5, 5.41) is 8.19. The largest absolute Gasteiger partial charge is 0.385 e. The van der Waals surface area contributed by atoms with Gasteiger partial charge in [-0.3, -0.25) is 4.98 Å². The topological polar surface area (TPSA) is 37.0 Å². The van der Waals surface area contributed by atoms with E-state index in [4.69, 9.17) is 0 Å². The van der Waals surface area contributed by atoms with Crippen LogP contribution in [0.1, 0.15) is 12.8 Å². The molecule has 1 saturated heterocycles. The highest BCUT2D eigenvalue weighted by Crippen LogP contribution is 2.18. The van der Waals surface area contributed by atoms with Crippen LogP contribution in [0.2, 0.25) is 0 Å². The molecular formula is C15H19N3. The van der Waals surface area contributed by atoms with Crippen molar-refractivity contribution >= 4 is 16.6 Å². The molecule has 18 heavy (non-hydrogen) atoms. The second-order valence-corrected chi connectivity index (χ2v) is 5.00. The Labute approximate surface area is 108 Å². The van der Waals surface area contributed by atoms with Crippen LogP contribution in [0.3, 0.4) is 0 Å². The Kier molecular flexibility index (Phi) is 3.42. The molecule has 1 unspecified atom stereocenters. The Bertz CT molecular complexity index is 518. The number of aromatic nitrogens is 1. The van der Waals surface area contributed by atoms with Crippen LogP contribution >= 0.6 is 0 Å². The third kappa shape index (κ3) is 2.62. The number of fused-ring (bicyclic) bond motifs is 1. The molecule has 3 heteroatoms. The molecule has 1 aliphatic heterocycles. The van der Waals surface area contributed by atoms with Gasteiger partial charge in [0, 0.05) is 23.8 Å². The van der Waals surface area contributed by atoms with Gasteiger partial charge in [0.05, 0.1) is 5.52 Å². The van der Waals surface area contributed by atoms with Crippen molar-refractivity contribution < 1.29 is 0 Å². The van der Waals surface area contributed by atoms with Gasteiger partial charge >= 0.3 is 0 Å². The summed E-state index contributed by atoms with van der Waals surface area (Å²) >= 11 is 0. The number of rotatable bonds is 3. The fraction of sp³-hybridized carbons (Fsp3) is 0.400. The smallest absolute Gasteiger partial charge is 0.0703 e. The van der Waals surface area contributed by atoms with Crippen LogP contribution in [0.4, 0.5) is 5.69 Å². The van der Waals surface area contributed by atoms with E-state index in [1.807, 2.05) is 12.3 Å². The van der Waals surface area contributed by atoms with E-state index in [2.05, 4.69) is 39.9 Å². The highest BCUT2D eigenvalue weighted by molar-refractivity contribution is 5.82. The van der Waals surface area contributed by atoms with Gasteiger partial charge in [0.25, 0.3) is 0 Å². The maximum absolute atomic E-state index is 4.33. The van der Waals surface area contributed by atoms with Crippen LogP contribution in [0.15, 0.2) is 36.5 Å². The third-order valence-electron chi connectivity index (χ3n) is 3.60. The second-order valence-electron chi connectivity index (χ2n) is 5.00. The Morgan fingerprint density at radius 1 is 1.33 bits per heavy atom. The van der Waals surface area contributed by atoms with Gasteiger partial charge in [-0.1, -0.05) is 6.07 Å². The first-order chi connectivity index (χ1) is 8.92. The number of piperidine rings is 1. The van der Waals surface area contributed by atoms with Gasteiger partial charge in [-0.2, -0.15) is 0 Å². The minimum absolute atomic E-state index is 0.753. The van der Waals surface area contributed by atoms with Gasteiger partial charge in [-0.05, 0) is 56.1 Å².